The second-order valence-corrected chi connectivity index (χ2v) is 14.8. The Balaban J connectivity index is 1.59. The van der Waals surface area contributed by atoms with Crippen molar-refractivity contribution in [2.24, 2.45) is 0 Å². The third-order valence-electron chi connectivity index (χ3n) is 9.20. The molecule has 1 saturated heterocycles. The minimum Gasteiger partial charge on any atom is -0.497 e. The molecule has 0 saturated carbocycles. The predicted molar refractivity (Wildman–Crippen MR) is 210 cm³/mol. The number of anilines is 1. The third-order valence-corrected chi connectivity index (χ3v) is 11.4. The van der Waals surface area contributed by atoms with Crippen molar-refractivity contribution >= 4 is 14.3 Å². The first-order valence-electron chi connectivity index (χ1n) is 18.4. The average Bonchev–Trinajstić information content (AvgIpc) is 3.57. The molecule has 0 amide bonds. The highest BCUT2D eigenvalue weighted by molar-refractivity contribution is 7.44. The van der Waals surface area contributed by atoms with Gasteiger partial charge < -0.3 is 33.3 Å². The number of nitrogens with zero attached hydrogens (tertiary/aromatic N) is 4. The molecule has 13 heteroatoms. The van der Waals surface area contributed by atoms with Crippen molar-refractivity contribution in [2.75, 3.05) is 39.3 Å². The molecule has 0 bridgehead atoms. The van der Waals surface area contributed by atoms with Crippen LogP contribution in [-0.4, -0.2) is 72.5 Å². The fraction of sp³-hybridized carbons (Fsp3) is 0.439. The van der Waals surface area contributed by atoms with Crippen molar-refractivity contribution in [3.05, 3.63) is 118 Å². The van der Waals surface area contributed by atoms with Crippen molar-refractivity contribution in [1.82, 2.24) is 14.2 Å². The van der Waals surface area contributed by atoms with E-state index in [4.69, 9.17) is 28.0 Å². The highest BCUT2D eigenvalue weighted by Gasteiger charge is 2.45. The first-order valence-corrected chi connectivity index (χ1v) is 19.5. The lowest BCUT2D eigenvalue weighted by atomic mass is 9.80. The van der Waals surface area contributed by atoms with E-state index in [0.29, 0.717) is 18.8 Å². The van der Waals surface area contributed by atoms with Crippen LogP contribution in [0.4, 0.5) is 5.82 Å². The summed E-state index contributed by atoms with van der Waals surface area (Å²) in [5.74, 6) is 1.93. The van der Waals surface area contributed by atoms with Crippen LogP contribution < -0.4 is 20.5 Å². The van der Waals surface area contributed by atoms with Gasteiger partial charge in [0.05, 0.1) is 46.0 Å². The summed E-state index contributed by atoms with van der Waals surface area (Å²) in [5, 5.41) is 12.4. The van der Waals surface area contributed by atoms with Crippen LogP contribution in [0.25, 0.3) is 0 Å². The molecule has 4 atom stereocenters. The van der Waals surface area contributed by atoms with E-state index in [2.05, 4.69) is 48.7 Å². The van der Waals surface area contributed by atoms with Crippen LogP contribution in [0.15, 0.2) is 95.9 Å². The summed E-state index contributed by atoms with van der Waals surface area (Å²) >= 11 is 0. The molecule has 0 radical (unpaired) electrons. The van der Waals surface area contributed by atoms with Gasteiger partial charge in [0.2, 0.25) is 0 Å². The van der Waals surface area contributed by atoms with Crippen LogP contribution >= 0.6 is 8.53 Å². The maximum atomic E-state index is 13.4. The molecule has 288 valence electrons. The zero-order chi connectivity index (χ0) is 38.7. The molecule has 1 aliphatic rings. The number of nitrogens with one attached hydrogen (secondary N) is 1. The standard InChI is InChI=1S/C41H52N5O7P/c1-8-43-38-23-25-45(40(47)44-38)39-27-36(53-54(51-26-12-24-42)46(29(2)3)30(4)5)37(52-39)28-50-41(31-13-10-9-11-14-31,32-15-19-34(48-6)20-16-32)33-17-21-35(49-7)22-18-33/h9-11,13-23,25,29-30,36-37,39H,8,12,26-28H2,1-7H3,(H,43,44,47)/t36?,37-,39-,54?/m1/s1. The first-order chi connectivity index (χ1) is 26.1. The summed E-state index contributed by atoms with van der Waals surface area (Å²) in [6, 6.07) is 29.9. The summed E-state index contributed by atoms with van der Waals surface area (Å²) in [7, 11) is 1.65. The smallest absolute Gasteiger partial charge is 0.351 e. The minimum absolute atomic E-state index is 0.0799. The topological polar surface area (TPSA) is 129 Å². The van der Waals surface area contributed by atoms with Gasteiger partial charge in [-0.25, -0.2) is 9.46 Å². The second-order valence-electron chi connectivity index (χ2n) is 13.4. The highest BCUT2D eigenvalue weighted by Crippen LogP contribution is 2.50. The van der Waals surface area contributed by atoms with E-state index < -0.39 is 38.3 Å². The number of nitriles is 1. The predicted octanol–water partition coefficient (Wildman–Crippen LogP) is 7.65. The molecule has 3 aromatic carbocycles. The molecule has 12 nitrogen and oxygen atoms in total. The third kappa shape index (κ3) is 9.47. The van der Waals surface area contributed by atoms with Crippen LogP contribution in [-0.2, 0) is 24.1 Å². The number of rotatable bonds is 19. The molecule has 1 aliphatic heterocycles. The van der Waals surface area contributed by atoms with Gasteiger partial charge in [-0.3, -0.25) is 4.57 Å². The van der Waals surface area contributed by atoms with Crippen LogP contribution in [0.3, 0.4) is 0 Å². The molecule has 0 aliphatic carbocycles. The van der Waals surface area contributed by atoms with E-state index >= 15 is 0 Å². The summed E-state index contributed by atoms with van der Waals surface area (Å²) in [6.07, 6.45) is 0.385. The van der Waals surface area contributed by atoms with E-state index in [9.17, 15) is 10.1 Å². The van der Waals surface area contributed by atoms with Crippen LogP contribution in [0.5, 0.6) is 11.5 Å². The summed E-state index contributed by atoms with van der Waals surface area (Å²) in [4.78, 5) is 17.6. The Morgan fingerprint density at radius 3 is 2.06 bits per heavy atom. The average molecular weight is 758 g/mol. The molecule has 1 aromatic heterocycles. The Morgan fingerprint density at radius 1 is 0.944 bits per heavy atom. The lowest BCUT2D eigenvalue weighted by molar-refractivity contribution is -0.0925. The van der Waals surface area contributed by atoms with Crippen LogP contribution in [0, 0.1) is 11.3 Å². The maximum Gasteiger partial charge on any atom is 0.351 e. The van der Waals surface area contributed by atoms with E-state index in [1.165, 1.54) is 4.57 Å². The number of ether oxygens (including phenoxy) is 4. The van der Waals surface area contributed by atoms with Gasteiger partial charge in [0.25, 0.3) is 8.53 Å². The SMILES string of the molecule is CCNc1ccn([C@H]2CC(OP(OCCC#N)N(C(C)C)C(C)C)[C@@H](COC(c3ccccc3)(c3ccc(OC)cc3)c3ccc(OC)cc3)O2)c(=O)n1. The Labute approximate surface area is 319 Å². The summed E-state index contributed by atoms with van der Waals surface area (Å²) in [6.45, 7) is 11.3. The Kier molecular flexibility index (Phi) is 14.6. The van der Waals surface area contributed by atoms with Crippen molar-refractivity contribution < 1.29 is 28.0 Å². The fourth-order valence-corrected chi connectivity index (χ4v) is 8.49. The van der Waals surface area contributed by atoms with E-state index in [-0.39, 0.29) is 31.7 Å². The largest absolute Gasteiger partial charge is 0.497 e. The summed E-state index contributed by atoms with van der Waals surface area (Å²) < 4.78 is 42.0. The molecule has 1 fully saturated rings. The van der Waals surface area contributed by atoms with Gasteiger partial charge in [0, 0.05) is 31.2 Å². The minimum atomic E-state index is -1.63. The van der Waals surface area contributed by atoms with Crippen molar-refractivity contribution in [3.8, 4) is 17.6 Å². The van der Waals surface area contributed by atoms with Gasteiger partial charge in [-0.05, 0) is 81.6 Å². The van der Waals surface area contributed by atoms with Gasteiger partial charge in [0.15, 0.2) is 0 Å². The van der Waals surface area contributed by atoms with Crippen LogP contribution in [0.1, 0.15) is 70.4 Å². The quantitative estimate of drug-likeness (QED) is 0.0575. The van der Waals surface area contributed by atoms with Gasteiger partial charge in [-0.1, -0.05) is 54.6 Å². The Bertz CT molecular complexity index is 1800. The molecular formula is C41H52N5O7P. The number of hydrogen-bond donors (Lipinski definition) is 1. The number of hydrogen-bond acceptors (Lipinski definition) is 11. The second kappa shape index (κ2) is 19.3. The zero-order valence-electron chi connectivity index (χ0n) is 32.2. The van der Waals surface area contributed by atoms with Crippen molar-refractivity contribution in [3.63, 3.8) is 0 Å². The van der Waals surface area contributed by atoms with Crippen molar-refractivity contribution in [1.29, 1.82) is 5.26 Å². The molecule has 5 rings (SSSR count). The molecule has 1 N–H and O–H groups in total. The fourth-order valence-electron chi connectivity index (χ4n) is 6.74. The summed E-state index contributed by atoms with van der Waals surface area (Å²) in [5.41, 5.74) is 1.11. The molecule has 4 aromatic rings. The molecule has 2 unspecified atom stereocenters. The Morgan fingerprint density at radius 2 is 1.54 bits per heavy atom. The molecule has 2 heterocycles. The van der Waals surface area contributed by atoms with E-state index in [1.54, 1.807) is 26.5 Å². The van der Waals surface area contributed by atoms with Crippen LogP contribution in [0.2, 0.25) is 0 Å². The Hall–Kier alpha value is -4.34. The van der Waals surface area contributed by atoms with Crippen molar-refractivity contribution in [2.45, 2.75) is 83.6 Å². The lowest BCUT2D eigenvalue weighted by Gasteiger charge is -2.39. The number of aromatic nitrogens is 2. The van der Waals surface area contributed by atoms with Gasteiger partial charge >= 0.3 is 5.69 Å². The zero-order valence-corrected chi connectivity index (χ0v) is 33.1. The van der Waals surface area contributed by atoms with E-state index in [0.717, 1.165) is 28.2 Å². The first kappa shape index (κ1) is 40.8. The lowest BCUT2D eigenvalue weighted by Crippen LogP contribution is -2.39. The van der Waals surface area contributed by atoms with E-state index in [1.807, 2.05) is 85.8 Å². The van der Waals surface area contributed by atoms with Gasteiger partial charge in [-0.15, -0.1) is 0 Å². The number of benzene rings is 3. The maximum absolute atomic E-state index is 13.4. The molecule has 0 spiro atoms. The normalized spacial score (nSPS) is 17.8. The molecular weight excluding hydrogens is 705 g/mol. The number of methoxy groups -OCH3 is 2. The van der Waals surface area contributed by atoms with Gasteiger partial charge in [-0.2, -0.15) is 10.2 Å². The highest BCUT2D eigenvalue weighted by atomic mass is 31.2. The molecule has 54 heavy (non-hydrogen) atoms. The van der Waals surface area contributed by atoms with Gasteiger partial charge in [0.1, 0.15) is 35.2 Å². The monoisotopic (exact) mass is 757 g/mol.